The number of halogens is 4. The van der Waals surface area contributed by atoms with E-state index in [0.29, 0.717) is 13.0 Å². The van der Waals surface area contributed by atoms with Gasteiger partial charge in [0.05, 0.1) is 22.3 Å². The Labute approximate surface area is 113 Å². The van der Waals surface area contributed by atoms with Crippen LogP contribution in [0.3, 0.4) is 0 Å². The molecule has 1 atom stereocenters. The van der Waals surface area contributed by atoms with Crippen LogP contribution >= 0.6 is 15.9 Å². The number of hydrogen-bond donors (Lipinski definition) is 1. The van der Waals surface area contributed by atoms with Crippen LogP contribution in [0.1, 0.15) is 24.7 Å². The van der Waals surface area contributed by atoms with E-state index in [1.54, 1.807) is 18.7 Å². The van der Waals surface area contributed by atoms with Crippen molar-refractivity contribution in [2.45, 2.75) is 38.9 Å². The second kappa shape index (κ2) is 6.06. The molecule has 7 heteroatoms. The average Bonchev–Trinajstić information content (AvgIpc) is 2.43. The van der Waals surface area contributed by atoms with Gasteiger partial charge in [0.1, 0.15) is 0 Å². The molecule has 3 nitrogen and oxygen atoms in total. The molecule has 0 bridgehead atoms. The molecule has 0 saturated heterocycles. The Bertz CT molecular complexity index is 401. The number of aromatic nitrogens is 2. The lowest BCUT2D eigenvalue weighted by atomic mass is 10.1. The van der Waals surface area contributed by atoms with Crippen LogP contribution in [0.4, 0.5) is 13.2 Å². The number of hydrogen-bond acceptors (Lipinski definition) is 2. The Kier molecular flexibility index (Phi) is 5.21. The molecule has 0 spiro atoms. The van der Waals surface area contributed by atoms with Crippen LogP contribution < -0.4 is 5.32 Å². The SMILES string of the molecule is CCNC(Cc1c(Br)c(C)nn1C)CC(F)(F)F. The van der Waals surface area contributed by atoms with Crippen molar-refractivity contribution in [1.82, 2.24) is 15.1 Å². The summed E-state index contributed by atoms with van der Waals surface area (Å²) in [6.45, 7) is 4.13. The van der Waals surface area contributed by atoms with Gasteiger partial charge in [-0.05, 0) is 29.4 Å². The van der Waals surface area contributed by atoms with Gasteiger partial charge < -0.3 is 5.32 Å². The third kappa shape index (κ3) is 4.28. The number of rotatable bonds is 5. The molecule has 0 aliphatic heterocycles. The summed E-state index contributed by atoms with van der Waals surface area (Å²) >= 11 is 3.37. The van der Waals surface area contributed by atoms with Crippen molar-refractivity contribution >= 4 is 15.9 Å². The minimum Gasteiger partial charge on any atom is -0.314 e. The van der Waals surface area contributed by atoms with Crippen LogP contribution in [-0.4, -0.2) is 28.5 Å². The van der Waals surface area contributed by atoms with E-state index in [-0.39, 0.29) is 0 Å². The molecule has 0 amide bonds. The third-order valence-corrected chi connectivity index (χ3v) is 3.70. The van der Waals surface area contributed by atoms with Gasteiger partial charge in [-0.3, -0.25) is 4.68 Å². The fraction of sp³-hybridized carbons (Fsp3) is 0.727. The zero-order chi connectivity index (χ0) is 13.9. The molecule has 0 fully saturated rings. The Morgan fingerprint density at radius 1 is 1.44 bits per heavy atom. The lowest BCUT2D eigenvalue weighted by molar-refractivity contribution is -0.139. The topological polar surface area (TPSA) is 29.9 Å². The van der Waals surface area contributed by atoms with Crippen molar-refractivity contribution < 1.29 is 13.2 Å². The molecular weight excluding hydrogens is 311 g/mol. The van der Waals surface area contributed by atoms with Gasteiger partial charge in [-0.1, -0.05) is 6.92 Å². The highest BCUT2D eigenvalue weighted by molar-refractivity contribution is 9.10. The number of nitrogens with one attached hydrogen (secondary N) is 1. The van der Waals surface area contributed by atoms with Crippen LogP contribution in [0, 0.1) is 6.92 Å². The van der Waals surface area contributed by atoms with Crippen LogP contribution in [0.2, 0.25) is 0 Å². The van der Waals surface area contributed by atoms with E-state index < -0.39 is 18.6 Å². The maximum atomic E-state index is 12.5. The van der Waals surface area contributed by atoms with E-state index in [1.807, 2.05) is 6.92 Å². The summed E-state index contributed by atoms with van der Waals surface area (Å²) in [5, 5.41) is 7.05. The smallest absolute Gasteiger partial charge is 0.314 e. The summed E-state index contributed by atoms with van der Waals surface area (Å²) in [6.07, 6.45) is -4.70. The van der Waals surface area contributed by atoms with Gasteiger partial charge in [-0.15, -0.1) is 0 Å². The molecule has 0 aliphatic carbocycles. The fourth-order valence-electron chi connectivity index (χ4n) is 1.92. The number of likely N-dealkylation sites (N-methyl/N-ethyl adjacent to an activating group) is 1. The molecule has 104 valence electrons. The number of alkyl halides is 3. The molecule has 0 saturated carbocycles. The summed E-state index contributed by atoms with van der Waals surface area (Å²) in [4.78, 5) is 0. The zero-order valence-corrected chi connectivity index (χ0v) is 12.2. The molecular formula is C11H17BrF3N3. The third-order valence-electron chi connectivity index (χ3n) is 2.67. The summed E-state index contributed by atoms with van der Waals surface area (Å²) in [5.74, 6) is 0. The lowest BCUT2D eigenvalue weighted by Gasteiger charge is -2.19. The first-order valence-electron chi connectivity index (χ1n) is 5.72. The summed E-state index contributed by atoms with van der Waals surface area (Å²) in [7, 11) is 1.74. The second-order valence-corrected chi connectivity index (χ2v) is 5.04. The van der Waals surface area contributed by atoms with Gasteiger partial charge in [0.2, 0.25) is 0 Å². The molecule has 18 heavy (non-hydrogen) atoms. The quantitative estimate of drug-likeness (QED) is 0.901. The standard InChI is InChI=1S/C11H17BrF3N3/c1-4-16-8(6-11(13,14)15)5-9-10(12)7(2)17-18(9)3/h8,16H,4-6H2,1-3H3. The molecule has 0 aromatic carbocycles. The molecule has 0 radical (unpaired) electrons. The van der Waals surface area contributed by atoms with Crippen molar-refractivity contribution in [3.63, 3.8) is 0 Å². The highest BCUT2D eigenvalue weighted by Crippen LogP contribution is 2.26. The van der Waals surface area contributed by atoms with E-state index >= 15 is 0 Å². The summed E-state index contributed by atoms with van der Waals surface area (Å²) < 4.78 is 39.8. The molecule has 1 aromatic rings. The number of aryl methyl sites for hydroxylation is 2. The molecule has 0 aliphatic rings. The number of nitrogens with zero attached hydrogens (tertiary/aromatic N) is 2. The molecule has 1 N–H and O–H groups in total. The van der Waals surface area contributed by atoms with E-state index in [4.69, 9.17) is 0 Å². The van der Waals surface area contributed by atoms with Gasteiger partial charge in [-0.2, -0.15) is 18.3 Å². The van der Waals surface area contributed by atoms with Crippen molar-refractivity contribution in [2.24, 2.45) is 7.05 Å². The zero-order valence-electron chi connectivity index (χ0n) is 10.6. The molecule has 1 unspecified atom stereocenters. The molecule has 1 aromatic heterocycles. The Hall–Kier alpha value is -0.560. The van der Waals surface area contributed by atoms with Crippen molar-refractivity contribution in [3.8, 4) is 0 Å². The highest BCUT2D eigenvalue weighted by atomic mass is 79.9. The minimum atomic E-state index is -4.16. The predicted octanol–water partition coefficient (Wildman–Crippen LogP) is 2.96. The molecule has 1 heterocycles. The van der Waals surface area contributed by atoms with Crippen LogP contribution in [0.5, 0.6) is 0 Å². The fourth-order valence-corrected chi connectivity index (χ4v) is 2.42. The maximum Gasteiger partial charge on any atom is 0.390 e. The van der Waals surface area contributed by atoms with Crippen molar-refractivity contribution in [3.05, 3.63) is 15.9 Å². The maximum absolute atomic E-state index is 12.5. The molecule has 1 rings (SSSR count). The first-order valence-corrected chi connectivity index (χ1v) is 6.52. The Balaban J connectivity index is 2.83. The Morgan fingerprint density at radius 2 is 2.06 bits per heavy atom. The minimum absolute atomic E-state index is 0.297. The predicted molar refractivity (Wildman–Crippen MR) is 67.5 cm³/mol. The van der Waals surface area contributed by atoms with E-state index in [0.717, 1.165) is 15.9 Å². The largest absolute Gasteiger partial charge is 0.390 e. The summed E-state index contributed by atoms with van der Waals surface area (Å²) in [6, 6.07) is -0.624. The van der Waals surface area contributed by atoms with Crippen LogP contribution in [-0.2, 0) is 13.5 Å². The van der Waals surface area contributed by atoms with E-state index in [1.165, 1.54) is 0 Å². The average molecular weight is 328 g/mol. The Morgan fingerprint density at radius 3 is 2.44 bits per heavy atom. The van der Waals surface area contributed by atoms with E-state index in [9.17, 15) is 13.2 Å². The van der Waals surface area contributed by atoms with Gasteiger partial charge in [0.15, 0.2) is 0 Å². The van der Waals surface area contributed by atoms with Crippen LogP contribution in [0.15, 0.2) is 4.47 Å². The highest BCUT2D eigenvalue weighted by Gasteiger charge is 2.32. The van der Waals surface area contributed by atoms with E-state index in [2.05, 4.69) is 26.3 Å². The van der Waals surface area contributed by atoms with Gasteiger partial charge in [-0.25, -0.2) is 0 Å². The normalized spacial score (nSPS) is 13.9. The second-order valence-electron chi connectivity index (χ2n) is 4.25. The van der Waals surface area contributed by atoms with Gasteiger partial charge in [0.25, 0.3) is 0 Å². The van der Waals surface area contributed by atoms with Crippen molar-refractivity contribution in [2.75, 3.05) is 6.54 Å². The first kappa shape index (κ1) is 15.5. The first-order chi connectivity index (χ1) is 8.24. The van der Waals surface area contributed by atoms with Crippen molar-refractivity contribution in [1.29, 1.82) is 0 Å². The van der Waals surface area contributed by atoms with Gasteiger partial charge >= 0.3 is 6.18 Å². The lowest BCUT2D eigenvalue weighted by Crippen LogP contribution is -2.36. The monoisotopic (exact) mass is 327 g/mol. The van der Waals surface area contributed by atoms with Gasteiger partial charge in [0, 0.05) is 19.5 Å². The van der Waals surface area contributed by atoms with Crippen LogP contribution in [0.25, 0.3) is 0 Å². The summed E-state index contributed by atoms with van der Waals surface area (Å²) in [5.41, 5.74) is 1.57.